The van der Waals surface area contributed by atoms with E-state index in [0.29, 0.717) is 17.6 Å². The number of hydrogen-bond donors (Lipinski definition) is 3. The second-order valence-electron chi connectivity index (χ2n) is 5.23. The van der Waals surface area contributed by atoms with Gasteiger partial charge in [-0.15, -0.1) is 0 Å². The van der Waals surface area contributed by atoms with Crippen molar-refractivity contribution >= 4 is 21.6 Å². The van der Waals surface area contributed by atoms with Gasteiger partial charge in [-0.2, -0.15) is 8.42 Å². The minimum absolute atomic E-state index is 0.384. The predicted octanol–water partition coefficient (Wildman–Crippen LogP) is 2.93. The summed E-state index contributed by atoms with van der Waals surface area (Å²) >= 11 is 0. The van der Waals surface area contributed by atoms with E-state index < -0.39 is 10.2 Å². The molecule has 0 aliphatic rings. The standard InChI is InChI=1S/C14H25N3O2S/c1-4-11(3)9-12(5-2)16-13-7-6-8-14(10-13)17-20(15,18)19/h6-8,10-12,16-17H,4-5,9H2,1-3H3,(H2,15,18,19). The van der Waals surface area contributed by atoms with Crippen LogP contribution in [0.5, 0.6) is 0 Å². The first-order valence-corrected chi connectivity index (χ1v) is 8.55. The monoisotopic (exact) mass is 299 g/mol. The molecule has 0 heterocycles. The lowest BCUT2D eigenvalue weighted by Crippen LogP contribution is -2.23. The van der Waals surface area contributed by atoms with Gasteiger partial charge in [0.2, 0.25) is 0 Å². The molecule has 0 radical (unpaired) electrons. The summed E-state index contributed by atoms with van der Waals surface area (Å²) < 4.78 is 24.3. The van der Waals surface area contributed by atoms with E-state index in [2.05, 4.69) is 30.8 Å². The summed E-state index contributed by atoms with van der Waals surface area (Å²) in [4.78, 5) is 0. The maximum atomic E-state index is 11.0. The maximum absolute atomic E-state index is 11.0. The lowest BCUT2D eigenvalue weighted by molar-refractivity contribution is 0.462. The van der Waals surface area contributed by atoms with Gasteiger partial charge in [0.1, 0.15) is 0 Å². The van der Waals surface area contributed by atoms with Gasteiger partial charge in [0, 0.05) is 11.7 Å². The zero-order chi connectivity index (χ0) is 15.2. The van der Waals surface area contributed by atoms with Crippen molar-refractivity contribution in [3.63, 3.8) is 0 Å². The molecule has 0 aromatic heterocycles. The number of anilines is 2. The van der Waals surface area contributed by atoms with Gasteiger partial charge in [0.25, 0.3) is 10.2 Å². The molecule has 114 valence electrons. The number of nitrogens with one attached hydrogen (secondary N) is 2. The fourth-order valence-electron chi connectivity index (χ4n) is 2.05. The molecule has 20 heavy (non-hydrogen) atoms. The van der Waals surface area contributed by atoms with Crippen LogP contribution in [0.4, 0.5) is 11.4 Å². The Bertz CT molecular complexity index is 517. The summed E-state index contributed by atoms with van der Waals surface area (Å²) in [6.07, 6.45) is 3.28. The van der Waals surface area contributed by atoms with E-state index >= 15 is 0 Å². The molecule has 0 spiro atoms. The van der Waals surface area contributed by atoms with Crippen LogP contribution in [0.15, 0.2) is 24.3 Å². The SMILES string of the molecule is CCC(C)CC(CC)Nc1cccc(NS(N)(=O)=O)c1. The Morgan fingerprint density at radius 3 is 2.40 bits per heavy atom. The Balaban J connectivity index is 2.73. The van der Waals surface area contributed by atoms with Gasteiger partial charge in [0.15, 0.2) is 0 Å². The average molecular weight is 299 g/mol. The summed E-state index contributed by atoms with van der Waals surface area (Å²) in [7, 11) is -3.73. The quantitative estimate of drug-likeness (QED) is 0.690. The molecule has 2 unspecified atom stereocenters. The summed E-state index contributed by atoms with van der Waals surface area (Å²) in [6.45, 7) is 6.57. The number of nitrogens with two attached hydrogens (primary N) is 1. The van der Waals surface area contributed by atoms with Crippen LogP contribution in [-0.2, 0) is 10.2 Å². The van der Waals surface area contributed by atoms with Crippen LogP contribution < -0.4 is 15.2 Å². The molecule has 0 aliphatic carbocycles. The molecule has 0 bridgehead atoms. The van der Waals surface area contributed by atoms with E-state index in [1.165, 1.54) is 0 Å². The van der Waals surface area contributed by atoms with E-state index in [1.807, 2.05) is 6.07 Å². The second kappa shape index (κ2) is 7.50. The minimum Gasteiger partial charge on any atom is -0.382 e. The number of benzene rings is 1. The highest BCUT2D eigenvalue weighted by Crippen LogP contribution is 2.20. The molecular weight excluding hydrogens is 274 g/mol. The normalized spacial score (nSPS) is 14.6. The zero-order valence-corrected chi connectivity index (χ0v) is 13.2. The van der Waals surface area contributed by atoms with Crippen molar-refractivity contribution in [2.45, 2.75) is 46.1 Å². The molecule has 1 rings (SSSR count). The van der Waals surface area contributed by atoms with E-state index in [1.54, 1.807) is 18.2 Å². The molecule has 0 aliphatic heterocycles. The van der Waals surface area contributed by atoms with Crippen molar-refractivity contribution in [2.75, 3.05) is 10.0 Å². The van der Waals surface area contributed by atoms with Crippen LogP contribution in [0.1, 0.15) is 40.0 Å². The molecule has 5 nitrogen and oxygen atoms in total. The Kier molecular flexibility index (Phi) is 6.29. The predicted molar refractivity (Wildman–Crippen MR) is 84.9 cm³/mol. The highest BCUT2D eigenvalue weighted by molar-refractivity contribution is 7.90. The Labute approximate surface area is 122 Å². The van der Waals surface area contributed by atoms with E-state index in [-0.39, 0.29) is 0 Å². The van der Waals surface area contributed by atoms with Gasteiger partial charge in [-0.05, 0) is 37.0 Å². The summed E-state index contributed by atoms with van der Waals surface area (Å²) in [5, 5.41) is 8.41. The topological polar surface area (TPSA) is 84.2 Å². The molecule has 4 N–H and O–H groups in total. The van der Waals surface area contributed by atoms with Crippen LogP contribution >= 0.6 is 0 Å². The summed E-state index contributed by atoms with van der Waals surface area (Å²) in [5.74, 6) is 0.665. The van der Waals surface area contributed by atoms with Gasteiger partial charge in [-0.25, -0.2) is 5.14 Å². The lowest BCUT2D eigenvalue weighted by atomic mass is 9.97. The maximum Gasteiger partial charge on any atom is 0.296 e. The van der Waals surface area contributed by atoms with Crippen molar-refractivity contribution in [3.05, 3.63) is 24.3 Å². The van der Waals surface area contributed by atoms with E-state index in [9.17, 15) is 8.42 Å². The van der Waals surface area contributed by atoms with Crippen LogP contribution in [0.3, 0.4) is 0 Å². The molecule has 0 saturated heterocycles. The third kappa shape index (κ3) is 6.25. The highest BCUT2D eigenvalue weighted by atomic mass is 32.2. The van der Waals surface area contributed by atoms with Crippen molar-refractivity contribution in [2.24, 2.45) is 11.1 Å². The van der Waals surface area contributed by atoms with Crippen LogP contribution in [0, 0.1) is 5.92 Å². The Hall–Kier alpha value is -1.27. The fraction of sp³-hybridized carbons (Fsp3) is 0.571. The number of hydrogen-bond acceptors (Lipinski definition) is 3. The van der Waals surface area contributed by atoms with Gasteiger partial charge < -0.3 is 5.32 Å². The average Bonchev–Trinajstić information content (AvgIpc) is 2.36. The van der Waals surface area contributed by atoms with Gasteiger partial charge in [0.05, 0.1) is 5.69 Å². The van der Waals surface area contributed by atoms with Crippen molar-refractivity contribution < 1.29 is 8.42 Å². The third-order valence-electron chi connectivity index (χ3n) is 3.37. The van der Waals surface area contributed by atoms with Crippen molar-refractivity contribution in [1.29, 1.82) is 0 Å². The summed E-state index contributed by atoms with van der Waals surface area (Å²) in [5.41, 5.74) is 1.37. The first-order valence-electron chi connectivity index (χ1n) is 7.01. The molecule has 0 amide bonds. The smallest absolute Gasteiger partial charge is 0.296 e. The molecule has 1 aromatic rings. The van der Waals surface area contributed by atoms with E-state index in [0.717, 1.165) is 24.9 Å². The Morgan fingerprint density at radius 2 is 1.85 bits per heavy atom. The van der Waals surface area contributed by atoms with Gasteiger partial charge in [-0.1, -0.05) is 33.3 Å². The van der Waals surface area contributed by atoms with Crippen LogP contribution in [-0.4, -0.2) is 14.5 Å². The van der Waals surface area contributed by atoms with Gasteiger partial charge >= 0.3 is 0 Å². The molecule has 0 fully saturated rings. The fourth-order valence-corrected chi connectivity index (χ4v) is 2.51. The molecule has 6 heteroatoms. The van der Waals surface area contributed by atoms with E-state index in [4.69, 9.17) is 5.14 Å². The van der Waals surface area contributed by atoms with Crippen molar-refractivity contribution in [1.82, 2.24) is 0 Å². The first kappa shape index (κ1) is 16.8. The van der Waals surface area contributed by atoms with Crippen LogP contribution in [0.2, 0.25) is 0 Å². The largest absolute Gasteiger partial charge is 0.382 e. The molecule has 0 saturated carbocycles. The lowest BCUT2D eigenvalue weighted by Gasteiger charge is -2.21. The zero-order valence-electron chi connectivity index (χ0n) is 12.4. The third-order valence-corrected chi connectivity index (χ3v) is 3.89. The first-order chi connectivity index (χ1) is 9.34. The van der Waals surface area contributed by atoms with Crippen LogP contribution in [0.25, 0.3) is 0 Å². The van der Waals surface area contributed by atoms with Gasteiger partial charge in [-0.3, -0.25) is 4.72 Å². The molecule has 2 atom stereocenters. The minimum atomic E-state index is -3.73. The number of rotatable bonds is 8. The molecule has 1 aromatic carbocycles. The summed E-state index contributed by atoms with van der Waals surface area (Å²) in [6, 6.07) is 7.53. The second-order valence-corrected chi connectivity index (χ2v) is 6.52. The molecular formula is C14H25N3O2S. The highest BCUT2D eigenvalue weighted by Gasteiger charge is 2.11. The van der Waals surface area contributed by atoms with Crippen molar-refractivity contribution in [3.8, 4) is 0 Å². The Morgan fingerprint density at radius 1 is 1.20 bits per heavy atom.